The lowest BCUT2D eigenvalue weighted by molar-refractivity contribution is 0.581. The second kappa shape index (κ2) is 6.08. The number of nitrogens with one attached hydrogen (secondary N) is 2. The van der Waals surface area contributed by atoms with E-state index >= 15 is 0 Å². The van der Waals surface area contributed by atoms with Crippen LogP contribution in [0.5, 0.6) is 0 Å². The molecular weight excluding hydrogens is 322 g/mol. The lowest BCUT2D eigenvalue weighted by Crippen LogP contribution is -2.26. The van der Waals surface area contributed by atoms with E-state index in [1.165, 1.54) is 6.07 Å². The Balaban J connectivity index is 1.69. The fourth-order valence-electron chi connectivity index (χ4n) is 2.17. The van der Waals surface area contributed by atoms with Crippen molar-refractivity contribution in [2.24, 2.45) is 0 Å². The number of para-hydroxylation sites is 2. The third-order valence-electron chi connectivity index (χ3n) is 3.22. The van der Waals surface area contributed by atoms with Gasteiger partial charge in [0.1, 0.15) is 10.7 Å². The molecule has 0 aliphatic rings. The van der Waals surface area contributed by atoms with Crippen LogP contribution in [0.3, 0.4) is 0 Å². The van der Waals surface area contributed by atoms with Gasteiger partial charge in [0.25, 0.3) is 0 Å². The fraction of sp³-hybridized carbons (Fsp3) is 0.133. The first-order valence-corrected chi connectivity index (χ1v) is 8.60. The molecule has 114 valence electrons. The number of imidazole rings is 1. The number of hydrogen-bond acceptors (Lipinski definition) is 3. The monoisotopic (exact) mass is 335 g/mol. The lowest BCUT2D eigenvalue weighted by atomic mass is 10.3. The van der Waals surface area contributed by atoms with Crippen LogP contribution >= 0.6 is 11.6 Å². The molecule has 3 aromatic rings. The Morgan fingerprint density at radius 2 is 1.82 bits per heavy atom. The van der Waals surface area contributed by atoms with Gasteiger partial charge in [-0.15, -0.1) is 0 Å². The van der Waals surface area contributed by atoms with E-state index in [-0.39, 0.29) is 16.5 Å². The Morgan fingerprint density at radius 1 is 1.09 bits per heavy atom. The topological polar surface area (TPSA) is 74.8 Å². The van der Waals surface area contributed by atoms with Crippen LogP contribution in [-0.2, 0) is 16.4 Å². The van der Waals surface area contributed by atoms with Crippen LogP contribution in [0.4, 0.5) is 0 Å². The summed E-state index contributed by atoms with van der Waals surface area (Å²) >= 11 is 5.92. The molecule has 0 fully saturated rings. The number of fused-ring (bicyclic) bond motifs is 1. The third-order valence-corrected chi connectivity index (χ3v) is 5.18. The minimum Gasteiger partial charge on any atom is -0.342 e. The highest BCUT2D eigenvalue weighted by Gasteiger charge is 2.16. The SMILES string of the molecule is O=S(=O)(NCCc1nc2ccccc2[nH]1)c1ccccc1Cl. The zero-order chi connectivity index (χ0) is 15.6. The zero-order valence-corrected chi connectivity index (χ0v) is 13.2. The van der Waals surface area contributed by atoms with Gasteiger partial charge >= 0.3 is 0 Å². The Labute approximate surface area is 133 Å². The molecule has 2 aromatic carbocycles. The summed E-state index contributed by atoms with van der Waals surface area (Å²) in [4.78, 5) is 7.65. The predicted molar refractivity (Wildman–Crippen MR) is 86.4 cm³/mol. The maximum absolute atomic E-state index is 12.2. The number of H-pyrrole nitrogens is 1. The normalized spacial score (nSPS) is 11.9. The number of sulfonamides is 1. The standard InChI is InChI=1S/C15H14ClN3O2S/c16-11-5-1-4-8-14(11)22(20,21)17-10-9-15-18-12-6-2-3-7-13(12)19-15/h1-8,17H,9-10H2,(H,18,19). The molecule has 5 nitrogen and oxygen atoms in total. The average molecular weight is 336 g/mol. The molecule has 0 saturated carbocycles. The van der Waals surface area contributed by atoms with Crippen LogP contribution in [0.25, 0.3) is 11.0 Å². The minimum atomic E-state index is -3.61. The van der Waals surface area contributed by atoms with Gasteiger partial charge < -0.3 is 4.98 Å². The van der Waals surface area contributed by atoms with Crippen LogP contribution in [0.1, 0.15) is 5.82 Å². The fourth-order valence-corrected chi connectivity index (χ4v) is 3.72. The summed E-state index contributed by atoms with van der Waals surface area (Å²) in [7, 11) is -3.61. The number of aromatic amines is 1. The van der Waals surface area contributed by atoms with Crippen molar-refractivity contribution >= 4 is 32.7 Å². The first kappa shape index (κ1) is 15.0. The molecule has 3 rings (SSSR count). The van der Waals surface area contributed by atoms with Crippen molar-refractivity contribution in [3.05, 3.63) is 59.4 Å². The molecule has 0 bridgehead atoms. The molecule has 0 aliphatic carbocycles. The number of hydrogen-bond donors (Lipinski definition) is 2. The average Bonchev–Trinajstić information content (AvgIpc) is 2.90. The van der Waals surface area contributed by atoms with Gasteiger partial charge in [-0.1, -0.05) is 35.9 Å². The van der Waals surface area contributed by atoms with Gasteiger partial charge in [-0.3, -0.25) is 0 Å². The minimum absolute atomic E-state index is 0.0845. The molecular formula is C15H14ClN3O2S. The largest absolute Gasteiger partial charge is 0.342 e. The van der Waals surface area contributed by atoms with Gasteiger partial charge in [-0.05, 0) is 24.3 Å². The molecule has 7 heteroatoms. The molecule has 0 spiro atoms. The van der Waals surface area contributed by atoms with Crippen molar-refractivity contribution < 1.29 is 8.42 Å². The molecule has 2 N–H and O–H groups in total. The van der Waals surface area contributed by atoms with E-state index < -0.39 is 10.0 Å². The van der Waals surface area contributed by atoms with Crippen LogP contribution < -0.4 is 4.72 Å². The van der Waals surface area contributed by atoms with Crippen molar-refractivity contribution in [1.82, 2.24) is 14.7 Å². The highest BCUT2D eigenvalue weighted by atomic mass is 35.5. The van der Waals surface area contributed by atoms with Crippen molar-refractivity contribution in [3.8, 4) is 0 Å². The molecule has 0 amide bonds. The maximum atomic E-state index is 12.2. The lowest BCUT2D eigenvalue weighted by Gasteiger charge is -2.07. The van der Waals surface area contributed by atoms with Gasteiger partial charge in [0, 0.05) is 13.0 Å². The molecule has 0 atom stereocenters. The summed E-state index contributed by atoms with van der Waals surface area (Å²) < 4.78 is 26.9. The quantitative estimate of drug-likeness (QED) is 0.752. The first-order chi connectivity index (χ1) is 10.6. The van der Waals surface area contributed by atoms with Crippen LogP contribution in [0, 0.1) is 0 Å². The van der Waals surface area contributed by atoms with Crippen molar-refractivity contribution in [2.45, 2.75) is 11.3 Å². The Kier molecular flexibility index (Phi) is 4.15. The summed E-state index contributed by atoms with van der Waals surface area (Å²) in [6, 6.07) is 14.0. The highest BCUT2D eigenvalue weighted by Crippen LogP contribution is 2.20. The van der Waals surface area contributed by atoms with E-state index in [2.05, 4.69) is 14.7 Å². The molecule has 0 radical (unpaired) electrons. The Bertz CT molecular complexity index is 873. The van der Waals surface area contributed by atoms with E-state index in [1.54, 1.807) is 18.2 Å². The summed E-state index contributed by atoms with van der Waals surface area (Å²) in [6.45, 7) is 0.243. The molecule has 0 aliphatic heterocycles. The van der Waals surface area contributed by atoms with E-state index in [1.807, 2.05) is 24.3 Å². The summed E-state index contributed by atoms with van der Waals surface area (Å²) in [5.74, 6) is 0.739. The van der Waals surface area contributed by atoms with E-state index in [0.29, 0.717) is 6.42 Å². The van der Waals surface area contributed by atoms with Gasteiger partial charge in [-0.2, -0.15) is 0 Å². The van der Waals surface area contributed by atoms with Crippen LogP contribution in [-0.4, -0.2) is 24.9 Å². The predicted octanol–water partition coefficient (Wildman–Crippen LogP) is 2.74. The Hall–Kier alpha value is -1.89. The second-order valence-corrected chi connectivity index (χ2v) is 6.92. The van der Waals surface area contributed by atoms with Crippen molar-refractivity contribution in [3.63, 3.8) is 0 Å². The molecule has 1 aromatic heterocycles. The molecule has 0 unspecified atom stereocenters. The van der Waals surface area contributed by atoms with Crippen LogP contribution in [0.15, 0.2) is 53.4 Å². The zero-order valence-electron chi connectivity index (χ0n) is 11.6. The maximum Gasteiger partial charge on any atom is 0.242 e. The third kappa shape index (κ3) is 3.14. The van der Waals surface area contributed by atoms with Gasteiger partial charge in [0.15, 0.2) is 0 Å². The second-order valence-electron chi connectivity index (χ2n) is 4.78. The molecule has 0 saturated heterocycles. The number of nitrogens with zero attached hydrogens (tertiary/aromatic N) is 1. The molecule has 22 heavy (non-hydrogen) atoms. The number of aromatic nitrogens is 2. The summed E-state index contributed by atoms with van der Waals surface area (Å²) in [5.41, 5.74) is 1.80. The smallest absolute Gasteiger partial charge is 0.242 e. The number of benzene rings is 2. The van der Waals surface area contributed by atoms with Gasteiger partial charge in [-0.25, -0.2) is 18.1 Å². The number of rotatable bonds is 5. The van der Waals surface area contributed by atoms with E-state index in [9.17, 15) is 8.42 Å². The van der Waals surface area contributed by atoms with Crippen molar-refractivity contribution in [2.75, 3.05) is 6.54 Å². The summed E-state index contributed by atoms with van der Waals surface area (Å²) in [5, 5.41) is 0.207. The Morgan fingerprint density at radius 3 is 2.59 bits per heavy atom. The molecule has 1 heterocycles. The van der Waals surface area contributed by atoms with Crippen LogP contribution in [0.2, 0.25) is 5.02 Å². The van der Waals surface area contributed by atoms with Gasteiger partial charge in [0.05, 0.1) is 16.1 Å². The van der Waals surface area contributed by atoms with Gasteiger partial charge in [0.2, 0.25) is 10.0 Å². The summed E-state index contributed by atoms with van der Waals surface area (Å²) in [6.07, 6.45) is 0.471. The first-order valence-electron chi connectivity index (χ1n) is 6.74. The number of halogens is 1. The highest BCUT2D eigenvalue weighted by molar-refractivity contribution is 7.89. The van der Waals surface area contributed by atoms with E-state index in [0.717, 1.165) is 16.9 Å². The van der Waals surface area contributed by atoms with Crippen molar-refractivity contribution in [1.29, 1.82) is 0 Å². The van der Waals surface area contributed by atoms with E-state index in [4.69, 9.17) is 11.6 Å².